The molecule has 1 aliphatic rings. The van der Waals surface area contributed by atoms with Crippen molar-refractivity contribution in [2.24, 2.45) is 5.92 Å². The summed E-state index contributed by atoms with van der Waals surface area (Å²) in [5.74, 6) is 0.450. The number of aromatic nitrogens is 5. The Kier molecular flexibility index (Phi) is 4.94. The fraction of sp³-hybridized carbons (Fsp3) is 0.304. The average molecular weight is 418 g/mol. The molecule has 1 aliphatic carbocycles. The Balaban J connectivity index is 1.48. The summed E-state index contributed by atoms with van der Waals surface area (Å²) in [5.41, 5.74) is 5.44. The second-order valence-corrected chi connectivity index (χ2v) is 7.91. The molecule has 0 N–H and O–H groups in total. The van der Waals surface area contributed by atoms with Crippen molar-refractivity contribution in [1.29, 1.82) is 5.26 Å². The number of fused-ring (bicyclic) bond motifs is 1. The number of nitriles is 1. The summed E-state index contributed by atoms with van der Waals surface area (Å²) in [6.07, 6.45) is 11.9. The quantitative estimate of drug-likeness (QED) is 0.442. The van der Waals surface area contributed by atoms with E-state index in [4.69, 9.17) is 4.98 Å². The summed E-state index contributed by atoms with van der Waals surface area (Å²) in [6.45, 7) is -2.65. The van der Waals surface area contributed by atoms with Gasteiger partial charge in [0, 0.05) is 41.6 Å². The summed E-state index contributed by atoms with van der Waals surface area (Å²) in [7, 11) is 0. The first kappa shape index (κ1) is 19.4. The number of alkyl halides is 2. The van der Waals surface area contributed by atoms with Crippen LogP contribution in [0.2, 0.25) is 0 Å². The topological polar surface area (TPSA) is 71.8 Å². The van der Waals surface area contributed by atoms with Crippen LogP contribution in [0.3, 0.4) is 0 Å². The van der Waals surface area contributed by atoms with Crippen LogP contribution in [0.5, 0.6) is 0 Å². The number of hydrogen-bond donors (Lipinski definition) is 0. The van der Waals surface area contributed by atoms with Crippen molar-refractivity contribution in [3.05, 3.63) is 60.9 Å². The maximum Gasteiger partial charge on any atom is 0.333 e. The van der Waals surface area contributed by atoms with Crippen molar-refractivity contribution in [1.82, 2.24) is 24.4 Å². The van der Waals surface area contributed by atoms with Gasteiger partial charge in [0.1, 0.15) is 0 Å². The molecule has 1 fully saturated rings. The average Bonchev–Trinajstić information content (AvgIpc) is 3.47. The van der Waals surface area contributed by atoms with E-state index in [1.165, 1.54) is 12.4 Å². The van der Waals surface area contributed by atoms with E-state index in [0.717, 1.165) is 53.6 Å². The van der Waals surface area contributed by atoms with Gasteiger partial charge < -0.3 is 0 Å². The largest absolute Gasteiger partial charge is 0.333 e. The molecule has 5 rings (SSSR count). The van der Waals surface area contributed by atoms with Crippen LogP contribution in [0.15, 0.2) is 55.2 Å². The van der Waals surface area contributed by atoms with Crippen LogP contribution in [0, 0.1) is 17.2 Å². The molecule has 3 heterocycles. The molecule has 0 amide bonds. The molecular formula is C23H20F2N6. The highest BCUT2D eigenvalue weighted by Gasteiger charge is 2.26. The molecule has 156 valence electrons. The predicted octanol–water partition coefficient (Wildman–Crippen LogP) is 5.45. The van der Waals surface area contributed by atoms with Gasteiger partial charge in [0.25, 0.3) is 0 Å². The minimum atomic E-state index is -2.65. The third kappa shape index (κ3) is 3.56. The molecule has 4 aromatic rings. The van der Waals surface area contributed by atoms with Crippen molar-refractivity contribution in [3.8, 4) is 28.3 Å². The lowest BCUT2D eigenvalue weighted by molar-refractivity contribution is 0.0566. The molecule has 31 heavy (non-hydrogen) atoms. The Morgan fingerprint density at radius 1 is 0.968 bits per heavy atom. The third-order valence-electron chi connectivity index (χ3n) is 6.09. The smallest absolute Gasteiger partial charge is 0.257 e. The molecule has 0 spiro atoms. The van der Waals surface area contributed by atoms with Gasteiger partial charge in [0.15, 0.2) is 0 Å². The number of benzene rings is 1. The SMILES string of the molecule is N#CC1CCC(c2nccn3ncc(-c4ccc(-c5cnn(C(F)F)c5)cc4)c23)CC1. The van der Waals surface area contributed by atoms with Crippen molar-refractivity contribution in [2.45, 2.75) is 38.2 Å². The molecular weight excluding hydrogens is 398 g/mol. The van der Waals surface area contributed by atoms with E-state index < -0.39 is 6.55 Å². The molecule has 0 atom stereocenters. The first-order valence-corrected chi connectivity index (χ1v) is 10.3. The highest BCUT2D eigenvalue weighted by Crippen LogP contribution is 2.38. The van der Waals surface area contributed by atoms with E-state index in [1.54, 1.807) is 6.20 Å². The van der Waals surface area contributed by atoms with Crippen molar-refractivity contribution in [2.75, 3.05) is 0 Å². The van der Waals surface area contributed by atoms with E-state index in [-0.39, 0.29) is 5.92 Å². The van der Waals surface area contributed by atoms with E-state index >= 15 is 0 Å². The molecule has 0 bridgehead atoms. The molecule has 0 radical (unpaired) electrons. The van der Waals surface area contributed by atoms with Gasteiger partial charge >= 0.3 is 6.55 Å². The van der Waals surface area contributed by atoms with Gasteiger partial charge in [0.2, 0.25) is 0 Å². The Morgan fingerprint density at radius 2 is 1.71 bits per heavy atom. The van der Waals surface area contributed by atoms with E-state index in [0.29, 0.717) is 16.2 Å². The lowest BCUT2D eigenvalue weighted by Crippen LogP contribution is -2.14. The van der Waals surface area contributed by atoms with Gasteiger partial charge in [-0.1, -0.05) is 24.3 Å². The maximum absolute atomic E-state index is 12.8. The van der Waals surface area contributed by atoms with Crippen LogP contribution < -0.4 is 0 Å². The van der Waals surface area contributed by atoms with Gasteiger partial charge in [-0.15, -0.1) is 0 Å². The number of nitrogens with zero attached hydrogens (tertiary/aromatic N) is 6. The van der Waals surface area contributed by atoms with Gasteiger partial charge in [-0.2, -0.15) is 24.2 Å². The molecule has 3 aromatic heterocycles. The fourth-order valence-electron chi connectivity index (χ4n) is 4.41. The lowest BCUT2D eigenvalue weighted by Gasteiger charge is -2.24. The number of hydrogen-bond acceptors (Lipinski definition) is 4. The zero-order chi connectivity index (χ0) is 21.4. The fourth-order valence-corrected chi connectivity index (χ4v) is 4.41. The van der Waals surface area contributed by atoms with Crippen LogP contribution in [0.4, 0.5) is 8.78 Å². The minimum absolute atomic E-state index is 0.141. The highest BCUT2D eigenvalue weighted by molar-refractivity contribution is 5.83. The van der Waals surface area contributed by atoms with Crippen molar-refractivity contribution < 1.29 is 8.78 Å². The Morgan fingerprint density at radius 3 is 2.39 bits per heavy atom. The van der Waals surface area contributed by atoms with Gasteiger partial charge in [-0.05, 0) is 36.8 Å². The van der Waals surface area contributed by atoms with Crippen LogP contribution in [0.1, 0.15) is 43.8 Å². The van der Waals surface area contributed by atoms with Crippen LogP contribution >= 0.6 is 0 Å². The minimum Gasteiger partial charge on any atom is -0.257 e. The zero-order valence-electron chi connectivity index (χ0n) is 16.7. The van der Waals surface area contributed by atoms with Gasteiger partial charge in [-0.25, -0.2) is 9.20 Å². The molecule has 8 heteroatoms. The first-order valence-electron chi connectivity index (χ1n) is 10.3. The molecule has 1 saturated carbocycles. The Labute approximate surface area is 177 Å². The van der Waals surface area contributed by atoms with Gasteiger partial charge in [-0.3, -0.25) is 4.98 Å². The molecule has 6 nitrogen and oxygen atoms in total. The summed E-state index contributed by atoms with van der Waals surface area (Å²) >= 11 is 0. The van der Waals surface area contributed by atoms with E-state index in [1.807, 2.05) is 41.2 Å². The monoisotopic (exact) mass is 418 g/mol. The number of halogens is 2. The Hall–Kier alpha value is -3.60. The van der Waals surface area contributed by atoms with E-state index in [9.17, 15) is 14.0 Å². The Bertz CT molecular complexity index is 1240. The van der Waals surface area contributed by atoms with Crippen LogP contribution in [-0.4, -0.2) is 24.4 Å². The summed E-state index contributed by atoms with van der Waals surface area (Å²) in [5, 5.41) is 17.4. The van der Waals surface area contributed by atoms with Crippen molar-refractivity contribution in [3.63, 3.8) is 0 Å². The summed E-state index contributed by atoms with van der Waals surface area (Å²) in [4.78, 5) is 4.70. The molecule has 1 aromatic carbocycles. The normalized spacial score (nSPS) is 19.0. The predicted molar refractivity (Wildman–Crippen MR) is 111 cm³/mol. The van der Waals surface area contributed by atoms with Crippen molar-refractivity contribution >= 4 is 5.52 Å². The summed E-state index contributed by atoms with van der Waals surface area (Å²) < 4.78 is 28.1. The molecule has 0 saturated heterocycles. The van der Waals surface area contributed by atoms with Gasteiger partial charge in [0.05, 0.1) is 29.7 Å². The lowest BCUT2D eigenvalue weighted by atomic mass is 9.80. The van der Waals surface area contributed by atoms with Crippen LogP contribution in [0.25, 0.3) is 27.8 Å². The second kappa shape index (κ2) is 7.91. The number of rotatable bonds is 4. The third-order valence-corrected chi connectivity index (χ3v) is 6.09. The van der Waals surface area contributed by atoms with Crippen LogP contribution in [-0.2, 0) is 0 Å². The zero-order valence-corrected chi connectivity index (χ0v) is 16.7. The van der Waals surface area contributed by atoms with E-state index in [2.05, 4.69) is 16.3 Å². The standard InChI is InChI=1S/C23H20F2N6/c24-23(25)31-14-19(12-28-31)16-5-7-17(8-6-16)20-13-29-30-10-9-27-21(22(20)30)18-3-1-15(11-26)2-4-18/h5-10,12-15,18,23H,1-4H2. The maximum atomic E-state index is 12.8. The second-order valence-electron chi connectivity index (χ2n) is 7.91. The summed E-state index contributed by atoms with van der Waals surface area (Å²) in [6, 6.07) is 10.1. The molecule has 0 aliphatic heterocycles. The molecule has 0 unspecified atom stereocenters. The first-order chi connectivity index (χ1) is 15.1. The highest BCUT2D eigenvalue weighted by atomic mass is 19.3.